The first-order valence-electron chi connectivity index (χ1n) is 15.1. The highest BCUT2D eigenvalue weighted by atomic mass is 28.4. The molecule has 4 aromatic rings. The predicted molar refractivity (Wildman–Crippen MR) is 176 cm³/mol. The van der Waals surface area contributed by atoms with Crippen molar-refractivity contribution in [3.63, 3.8) is 0 Å². The fourth-order valence-corrected chi connectivity index (χ4v) is 9.98. The number of furan rings is 1. The van der Waals surface area contributed by atoms with Gasteiger partial charge in [-0.2, -0.15) is 0 Å². The zero-order valence-electron chi connectivity index (χ0n) is 25.9. The van der Waals surface area contributed by atoms with Crippen molar-refractivity contribution in [2.45, 2.75) is 64.1 Å². The zero-order valence-corrected chi connectivity index (χ0v) is 26.9. The van der Waals surface area contributed by atoms with Crippen molar-refractivity contribution in [3.05, 3.63) is 138 Å². The molecule has 0 aliphatic heterocycles. The Balaban J connectivity index is 1.59. The summed E-state index contributed by atoms with van der Waals surface area (Å²) in [5.74, 6) is 0.781. The van der Waals surface area contributed by atoms with Gasteiger partial charge in [0.25, 0.3) is 8.32 Å². The zero-order chi connectivity index (χ0) is 31.4. The molecule has 0 radical (unpaired) electrons. The van der Waals surface area contributed by atoms with E-state index in [1.54, 1.807) is 18.2 Å². The number of hydrogen-bond donors (Lipinski definition) is 3. The number of rotatable bonds is 15. The van der Waals surface area contributed by atoms with E-state index in [4.69, 9.17) is 13.6 Å². The van der Waals surface area contributed by atoms with Crippen LogP contribution in [0.25, 0.3) is 0 Å². The molecule has 0 fully saturated rings. The van der Waals surface area contributed by atoms with Crippen LogP contribution in [0.3, 0.4) is 0 Å². The quantitative estimate of drug-likeness (QED) is 0.116. The highest BCUT2D eigenvalue weighted by molar-refractivity contribution is 6.99. The normalized spacial score (nSPS) is 13.2. The lowest BCUT2D eigenvalue weighted by Gasteiger charge is -2.43. The van der Waals surface area contributed by atoms with Crippen molar-refractivity contribution in [2.24, 2.45) is 0 Å². The molecule has 0 amide bonds. The van der Waals surface area contributed by atoms with E-state index in [0.717, 1.165) is 11.1 Å². The van der Waals surface area contributed by atoms with Crippen molar-refractivity contribution in [3.8, 4) is 0 Å². The maximum atomic E-state index is 11.0. The highest BCUT2D eigenvalue weighted by Crippen LogP contribution is 2.37. The van der Waals surface area contributed by atoms with E-state index < -0.39 is 20.5 Å². The third-order valence-electron chi connectivity index (χ3n) is 7.60. The molecule has 6 nitrogen and oxygen atoms in total. The third-order valence-corrected chi connectivity index (χ3v) is 12.6. The lowest BCUT2D eigenvalue weighted by atomic mass is 10.1. The van der Waals surface area contributed by atoms with E-state index in [-0.39, 0.29) is 31.3 Å². The largest absolute Gasteiger partial charge is 0.461 e. The SMILES string of the molecule is CC(C)(C)[Si](OCC(=C=CC[C@@H](O)c1ccc(CO)o1)C[C@@H](O)COCc1ccccc1)(c1ccccc1)c1ccccc1. The van der Waals surface area contributed by atoms with E-state index >= 15 is 0 Å². The van der Waals surface area contributed by atoms with Crippen LogP contribution < -0.4 is 10.4 Å². The fraction of sp³-hybridized carbons (Fsp3) is 0.324. The van der Waals surface area contributed by atoms with Crippen LogP contribution >= 0.6 is 0 Å². The summed E-state index contributed by atoms with van der Waals surface area (Å²) in [6.45, 7) is 7.29. The molecule has 4 rings (SSSR count). The van der Waals surface area contributed by atoms with Gasteiger partial charge in [-0.05, 0) is 44.8 Å². The van der Waals surface area contributed by atoms with Crippen LogP contribution in [-0.2, 0) is 22.4 Å². The van der Waals surface area contributed by atoms with Gasteiger partial charge in [-0.25, -0.2) is 0 Å². The summed E-state index contributed by atoms with van der Waals surface area (Å²) in [5, 5.41) is 33.1. The Kier molecular flexibility index (Phi) is 12.1. The van der Waals surface area contributed by atoms with Crippen molar-refractivity contribution >= 4 is 18.7 Å². The number of hydrogen-bond acceptors (Lipinski definition) is 6. The first-order chi connectivity index (χ1) is 21.2. The Morgan fingerprint density at radius 1 is 0.864 bits per heavy atom. The van der Waals surface area contributed by atoms with Crippen molar-refractivity contribution in [1.82, 2.24) is 0 Å². The molecule has 0 spiro atoms. The fourth-order valence-electron chi connectivity index (χ4n) is 5.44. The minimum Gasteiger partial charge on any atom is -0.461 e. The summed E-state index contributed by atoms with van der Waals surface area (Å²) in [4.78, 5) is 0. The molecule has 0 unspecified atom stereocenters. The summed E-state index contributed by atoms with van der Waals surface area (Å²) in [5.41, 5.74) is 5.15. The average Bonchev–Trinajstić information content (AvgIpc) is 3.52. The Labute approximate surface area is 262 Å². The van der Waals surface area contributed by atoms with E-state index in [1.165, 1.54) is 10.4 Å². The molecule has 1 heterocycles. The lowest BCUT2D eigenvalue weighted by molar-refractivity contribution is 0.0279. The Morgan fingerprint density at radius 3 is 2.00 bits per heavy atom. The monoisotopic (exact) mass is 612 g/mol. The molecule has 7 heteroatoms. The maximum Gasteiger partial charge on any atom is 0.261 e. The van der Waals surface area contributed by atoms with Crippen LogP contribution in [-0.4, -0.2) is 43.0 Å². The molecule has 3 N–H and O–H groups in total. The molecule has 0 saturated heterocycles. The van der Waals surface area contributed by atoms with Crippen LogP contribution in [0.2, 0.25) is 5.04 Å². The first kappa shape index (κ1) is 33.4. The Hall–Kier alpha value is -3.52. The van der Waals surface area contributed by atoms with E-state index in [9.17, 15) is 15.3 Å². The second kappa shape index (κ2) is 16.0. The summed E-state index contributed by atoms with van der Waals surface area (Å²) in [6.07, 6.45) is 0.657. The van der Waals surface area contributed by atoms with Gasteiger partial charge in [-0.1, -0.05) is 112 Å². The van der Waals surface area contributed by atoms with Gasteiger partial charge in [0, 0.05) is 12.8 Å². The second-order valence-electron chi connectivity index (χ2n) is 12.0. The summed E-state index contributed by atoms with van der Waals surface area (Å²) < 4.78 is 18.4. The van der Waals surface area contributed by atoms with Crippen LogP contribution in [0.1, 0.15) is 56.8 Å². The minimum atomic E-state index is -2.82. The number of aliphatic hydroxyl groups is 3. The predicted octanol–water partition coefficient (Wildman–Crippen LogP) is 5.82. The molecule has 1 aromatic heterocycles. The molecular weight excluding hydrogens is 568 g/mol. The maximum absolute atomic E-state index is 11.0. The third kappa shape index (κ3) is 8.77. The van der Waals surface area contributed by atoms with Crippen LogP contribution in [0.15, 0.2) is 125 Å². The van der Waals surface area contributed by atoms with Crippen molar-refractivity contribution in [2.75, 3.05) is 13.2 Å². The van der Waals surface area contributed by atoms with Crippen LogP contribution in [0.5, 0.6) is 0 Å². The number of aliphatic hydroxyl groups excluding tert-OH is 3. The van der Waals surface area contributed by atoms with Crippen LogP contribution in [0.4, 0.5) is 0 Å². The van der Waals surface area contributed by atoms with Crippen LogP contribution in [0, 0.1) is 0 Å². The van der Waals surface area contributed by atoms with Gasteiger partial charge in [-0.15, -0.1) is 5.73 Å². The summed E-state index contributed by atoms with van der Waals surface area (Å²) >= 11 is 0. The number of benzene rings is 3. The average molecular weight is 613 g/mol. The Morgan fingerprint density at radius 2 is 1.45 bits per heavy atom. The molecule has 2 atom stereocenters. The molecule has 3 aromatic carbocycles. The van der Waals surface area contributed by atoms with Gasteiger partial charge >= 0.3 is 0 Å². The van der Waals surface area contributed by atoms with Gasteiger partial charge in [0.1, 0.15) is 24.2 Å². The lowest BCUT2D eigenvalue weighted by Crippen LogP contribution is -2.66. The molecule has 232 valence electrons. The second-order valence-corrected chi connectivity index (χ2v) is 16.3. The molecular formula is C37H44O6Si. The topological polar surface area (TPSA) is 92.3 Å². The smallest absolute Gasteiger partial charge is 0.261 e. The molecule has 0 aliphatic carbocycles. The van der Waals surface area contributed by atoms with E-state index in [0.29, 0.717) is 24.5 Å². The first-order valence-corrected chi connectivity index (χ1v) is 17.0. The summed E-state index contributed by atoms with van der Waals surface area (Å²) in [6, 6.07) is 34.0. The number of ether oxygens (including phenoxy) is 1. The van der Waals surface area contributed by atoms with Gasteiger partial charge in [0.2, 0.25) is 0 Å². The molecule has 0 bridgehead atoms. The van der Waals surface area contributed by atoms with Gasteiger partial charge < -0.3 is 28.9 Å². The molecule has 0 aliphatic rings. The Bertz CT molecular complexity index is 1430. The summed E-state index contributed by atoms with van der Waals surface area (Å²) in [7, 11) is -2.82. The van der Waals surface area contributed by atoms with E-state index in [2.05, 4.69) is 75.0 Å². The standard InChI is InChI=1S/C37H44O6Si/c1-37(2,3)44(33-17-9-5-10-18-33,34-19-11-6-12-20-34)42-27-30(16-13-21-35(40)36-23-22-32(25-38)43-36)24-31(39)28-41-26-29-14-7-4-8-15-29/h4-15,17-20,22-23,31,35,38-40H,21,24-28H2,1-3H3/t16?,31-,35-/m1/s1. The highest BCUT2D eigenvalue weighted by Gasteiger charge is 2.50. The minimum absolute atomic E-state index is 0.165. The van der Waals surface area contributed by atoms with Gasteiger partial charge in [-0.3, -0.25) is 0 Å². The molecule has 0 saturated carbocycles. The van der Waals surface area contributed by atoms with Gasteiger partial charge in [0.05, 0.1) is 25.9 Å². The van der Waals surface area contributed by atoms with Crippen molar-refractivity contribution in [1.29, 1.82) is 0 Å². The van der Waals surface area contributed by atoms with Gasteiger partial charge in [0.15, 0.2) is 0 Å². The van der Waals surface area contributed by atoms with Crippen molar-refractivity contribution < 1.29 is 28.9 Å². The molecule has 44 heavy (non-hydrogen) atoms. The van der Waals surface area contributed by atoms with E-state index in [1.807, 2.05) is 42.5 Å².